The van der Waals surface area contributed by atoms with E-state index in [2.05, 4.69) is 73.1 Å². The van der Waals surface area contributed by atoms with Gasteiger partial charge in [-0.15, -0.1) is 0 Å². The average molecular weight is 404 g/mol. The Morgan fingerprint density at radius 1 is 0.724 bits per heavy atom. The van der Waals surface area contributed by atoms with Gasteiger partial charge in [-0.3, -0.25) is 0 Å². The zero-order valence-corrected chi connectivity index (χ0v) is 18.4. The highest BCUT2D eigenvalue weighted by Crippen LogP contribution is 2.20. The Balaban J connectivity index is 1.88. The third kappa shape index (κ3) is 7.51. The molecule has 4 heteroatoms. The van der Waals surface area contributed by atoms with Crippen molar-refractivity contribution in [2.75, 3.05) is 0 Å². The molecular weight excluding hydrogens is 374 g/mol. The van der Waals surface area contributed by atoms with Crippen molar-refractivity contribution in [2.24, 2.45) is 0 Å². The van der Waals surface area contributed by atoms with E-state index in [0.717, 1.165) is 18.8 Å². The van der Waals surface area contributed by atoms with Crippen molar-refractivity contribution in [1.82, 2.24) is 4.90 Å². The van der Waals surface area contributed by atoms with Crippen LogP contribution in [0.2, 0.25) is 19.6 Å². The molecule has 3 aromatic rings. The summed E-state index contributed by atoms with van der Waals surface area (Å²) in [4.78, 5) is 2.24. The molecule has 0 saturated carbocycles. The van der Waals surface area contributed by atoms with Crippen LogP contribution in [0.1, 0.15) is 11.1 Å². The molecule has 0 aliphatic carbocycles. The van der Waals surface area contributed by atoms with Crippen LogP contribution >= 0.6 is 0 Å². The highest BCUT2D eigenvalue weighted by molar-refractivity contribution is 6.70. The van der Waals surface area contributed by atoms with Crippen LogP contribution in [0.15, 0.2) is 103 Å². The first-order valence-electron chi connectivity index (χ1n) is 9.93. The van der Waals surface area contributed by atoms with Crippen molar-refractivity contribution >= 4 is 8.32 Å². The van der Waals surface area contributed by atoms with Gasteiger partial charge in [-0.1, -0.05) is 78.9 Å². The lowest BCUT2D eigenvalue weighted by Gasteiger charge is -2.26. The van der Waals surface area contributed by atoms with Crippen LogP contribution in [-0.4, -0.2) is 13.2 Å². The molecule has 0 radical (unpaired) electrons. The molecule has 0 aliphatic heterocycles. The topological polar surface area (TPSA) is 21.7 Å². The van der Waals surface area contributed by atoms with Crippen molar-refractivity contribution in [3.63, 3.8) is 0 Å². The molecule has 0 unspecified atom stereocenters. The normalized spacial score (nSPS) is 11.8. The summed E-state index contributed by atoms with van der Waals surface area (Å²) in [6.07, 6.45) is 2.01. The van der Waals surface area contributed by atoms with E-state index >= 15 is 0 Å². The third-order valence-corrected chi connectivity index (χ3v) is 4.93. The van der Waals surface area contributed by atoms with Gasteiger partial charge in [0.25, 0.3) is 5.95 Å². The zero-order valence-electron chi connectivity index (χ0n) is 17.4. The highest BCUT2D eigenvalue weighted by atomic mass is 28.4. The van der Waals surface area contributed by atoms with E-state index < -0.39 is 8.32 Å². The Bertz CT molecular complexity index is 849. The summed E-state index contributed by atoms with van der Waals surface area (Å²) in [6, 6.07) is 30.7. The molecule has 0 aromatic heterocycles. The molecule has 0 bridgehead atoms. The molecule has 3 nitrogen and oxygen atoms in total. The molecule has 0 fully saturated rings. The van der Waals surface area contributed by atoms with Gasteiger partial charge in [0.05, 0.1) is 6.20 Å². The van der Waals surface area contributed by atoms with E-state index in [9.17, 15) is 0 Å². The summed E-state index contributed by atoms with van der Waals surface area (Å²) in [5.74, 6) is 1.32. The van der Waals surface area contributed by atoms with Crippen molar-refractivity contribution in [1.29, 1.82) is 0 Å². The number of hydrogen-bond donors (Lipinski definition) is 0. The van der Waals surface area contributed by atoms with Crippen molar-refractivity contribution in [2.45, 2.75) is 32.7 Å². The minimum absolute atomic E-state index is 0.544. The Morgan fingerprint density at radius 2 is 1.17 bits per heavy atom. The summed E-state index contributed by atoms with van der Waals surface area (Å²) in [7, 11) is -1.85. The Hall–Kier alpha value is -2.98. The van der Waals surface area contributed by atoms with Crippen molar-refractivity contribution in [3.8, 4) is 5.75 Å². The highest BCUT2D eigenvalue weighted by Gasteiger charge is 2.20. The van der Waals surface area contributed by atoms with Gasteiger partial charge in [-0.25, -0.2) is 0 Å². The van der Waals surface area contributed by atoms with Crippen LogP contribution in [-0.2, 0) is 17.5 Å². The fraction of sp³-hybridized carbons (Fsp3) is 0.200. The summed E-state index contributed by atoms with van der Waals surface area (Å²) in [5, 5.41) is 0. The number of nitrogens with zero attached hydrogens (tertiary/aromatic N) is 1. The molecular formula is C25H29NO2Si. The van der Waals surface area contributed by atoms with Crippen LogP contribution in [0.3, 0.4) is 0 Å². The molecule has 0 heterocycles. The number of hydrogen-bond acceptors (Lipinski definition) is 3. The van der Waals surface area contributed by atoms with E-state index in [0.29, 0.717) is 5.95 Å². The summed E-state index contributed by atoms with van der Waals surface area (Å²) < 4.78 is 12.4. The minimum atomic E-state index is -1.85. The van der Waals surface area contributed by atoms with E-state index in [1.807, 2.05) is 48.7 Å². The van der Waals surface area contributed by atoms with Crippen LogP contribution in [0.5, 0.6) is 5.75 Å². The number of benzene rings is 3. The predicted octanol–water partition coefficient (Wildman–Crippen LogP) is 6.42. The number of rotatable bonds is 9. The quantitative estimate of drug-likeness (QED) is 0.304. The van der Waals surface area contributed by atoms with Crippen LogP contribution in [0.25, 0.3) is 0 Å². The first-order valence-corrected chi connectivity index (χ1v) is 13.3. The molecule has 3 rings (SSSR count). The minimum Gasteiger partial charge on any atom is -0.518 e. The van der Waals surface area contributed by atoms with Gasteiger partial charge in [0, 0.05) is 13.1 Å². The van der Waals surface area contributed by atoms with E-state index in [-0.39, 0.29) is 0 Å². The summed E-state index contributed by atoms with van der Waals surface area (Å²) in [6.45, 7) is 8.02. The van der Waals surface area contributed by atoms with Gasteiger partial charge in [0.2, 0.25) is 8.32 Å². The molecule has 0 spiro atoms. The van der Waals surface area contributed by atoms with Crippen LogP contribution < -0.4 is 4.74 Å². The SMILES string of the molecule is C[Si](C)(C)O/C(=C/N(Cc1ccccc1)Cc1ccccc1)Oc1ccccc1. The smallest absolute Gasteiger partial charge is 0.287 e. The second-order valence-electron chi connectivity index (χ2n) is 7.95. The Kier molecular flexibility index (Phi) is 7.14. The molecule has 0 amide bonds. The van der Waals surface area contributed by atoms with Crippen molar-refractivity contribution in [3.05, 3.63) is 114 Å². The van der Waals surface area contributed by atoms with E-state index in [1.165, 1.54) is 11.1 Å². The van der Waals surface area contributed by atoms with Crippen LogP contribution in [0.4, 0.5) is 0 Å². The lowest BCUT2D eigenvalue weighted by atomic mass is 10.2. The first kappa shape index (κ1) is 20.7. The van der Waals surface area contributed by atoms with Gasteiger partial charge in [-0.05, 0) is 42.9 Å². The molecule has 29 heavy (non-hydrogen) atoms. The number of para-hydroxylation sites is 1. The van der Waals surface area contributed by atoms with Gasteiger partial charge in [-0.2, -0.15) is 0 Å². The summed E-state index contributed by atoms with van der Waals surface area (Å²) in [5.41, 5.74) is 2.48. The third-order valence-electron chi connectivity index (χ3n) is 4.11. The Morgan fingerprint density at radius 3 is 1.62 bits per heavy atom. The maximum absolute atomic E-state index is 6.28. The van der Waals surface area contributed by atoms with Gasteiger partial charge in [0.1, 0.15) is 5.75 Å². The van der Waals surface area contributed by atoms with Gasteiger partial charge < -0.3 is 14.1 Å². The standard InChI is InChI=1S/C25H29NO2Si/c1-29(2,3)28-25(27-24-17-11-6-12-18-24)21-26(19-22-13-7-4-8-14-22)20-23-15-9-5-10-16-23/h4-18,21H,19-20H2,1-3H3/b25-21+. The lowest BCUT2D eigenvalue weighted by molar-refractivity contribution is 0.200. The molecule has 3 aromatic carbocycles. The largest absolute Gasteiger partial charge is 0.518 e. The maximum Gasteiger partial charge on any atom is 0.287 e. The fourth-order valence-electron chi connectivity index (χ4n) is 2.91. The molecule has 0 N–H and O–H groups in total. The number of ether oxygens (including phenoxy) is 1. The zero-order chi connectivity index (χ0) is 20.5. The molecule has 0 atom stereocenters. The van der Waals surface area contributed by atoms with E-state index in [1.54, 1.807) is 0 Å². The Labute approximate surface area is 175 Å². The molecule has 0 saturated heterocycles. The maximum atomic E-state index is 6.28. The monoisotopic (exact) mass is 403 g/mol. The van der Waals surface area contributed by atoms with Crippen molar-refractivity contribution < 1.29 is 9.16 Å². The molecule has 0 aliphatic rings. The fourth-order valence-corrected chi connectivity index (χ4v) is 3.61. The van der Waals surface area contributed by atoms with Crippen LogP contribution in [0, 0.1) is 0 Å². The predicted molar refractivity (Wildman–Crippen MR) is 122 cm³/mol. The van der Waals surface area contributed by atoms with Gasteiger partial charge >= 0.3 is 0 Å². The second-order valence-corrected chi connectivity index (χ2v) is 12.4. The first-order chi connectivity index (χ1) is 14.0. The second kappa shape index (κ2) is 9.98. The molecule has 150 valence electrons. The van der Waals surface area contributed by atoms with E-state index in [4.69, 9.17) is 9.16 Å². The average Bonchev–Trinajstić information content (AvgIpc) is 2.69. The lowest BCUT2D eigenvalue weighted by Crippen LogP contribution is -2.28. The summed E-state index contributed by atoms with van der Waals surface area (Å²) >= 11 is 0. The van der Waals surface area contributed by atoms with Gasteiger partial charge in [0.15, 0.2) is 0 Å².